The summed E-state index contributed by atoms with van der Waals surface area (Å²) in [5, 5.41) is 10.5. The van der Waals surface area contributed by atoms with Crippen LogP contribution in [0.5, 0.6) is 5.75 Å². The van der Waals surface area contributed by atoms with E-state index in [1.165, 1.54) is 6.42 Å². The highest BCUT2D eigenvalue weighted by Crippen LogP contribution is 2.29. The fourth-order valence-corrected chi connectivity index (χ4v) is 3.21. The Morgan fingerprint density at radius 2 is 1.96 bits per heavy atom. The van der Waals surface area contributed by atoms with E-state index in [1.54, 1.807) is 30.4 Å². The number of carbonyl (C=O) groups excluding carboxylic acids is 1. The highest BCUT2D eigenvalue weighted by Gasteiger charge is 2.26. The van der Waals surface area contributed by atoms with Crippen LogP contribution < -0.4 is 15.8 Å². The molecule has 1 aromatic heterocycles. The van der Waals surface area contributed by atoms with Crippen molar-refractivity contribution in [2.75, 3.05) is 12.4 Å². The highest BCUT2D eigenvalue weighted by molar-refractivity contribution is 5.96. The zero-order chi connectivity index (χ0) is 16.9. The maximum absolute atomic E-state index is 12.6. The molecule has 1 fully saturated rings. The predicted octanol–water partition coefficient (Wildman–Crippen LogP) is 2.54. The molecule has 8 heteroatoms. The predicted molar refractivity (Wildman–Crippen MR) is 98.3 cm³/mol. The summed E-state index contributed by atoms with van der Waals surface area (Å²) < 4.78 is 7.11. The summed E-state index contributed by atoms with van der Waals surface area (Å²) in [5.74, 6) is 0.683. The maximum atomic E-state index is 12.6. The van der Waals surface area contributed by atoms with Crippen LogP contribution in [0.25, 0.3) is 5.69 Å². The number of nitrogens with one attached hydrogen (secondary N) is 1. The van der Waals surface area contributed by atoms with Crippen molar-refractivity contribution in [3.05, 3.63) is 30.9 Å². The number of benzene rings is 1. The van der Waals surface area contributed by atoms with Crippen LogP contribution in [0.1, 0.15) is 32.1 Å². The molecule has 25 heavy (non-hydrogen) atoms. The van der Waals surface area contributed by atoms with Crippen molar-refractivity contribution in [2.45, 2.75) is 38.1 Å². The lowest BCUT2D eigenvalue weighted by atomic mass is 9.84. The van der Waals surface area contributed by atoms with Crippen LogP contribution in [0.4, 0.5) is 5.69 Å². The first kappa shape index (κ1) is 19.2. The number of hydrogen-bond acceptors (Lipinski definition) is 5. The molecular formula is C17H24ClN5O2. The van der Waals surface area contributed by atoms with Gasteiger partial charge in [0.05, 0.1) is 24.5 Å². The molecule has 2 aromatic rings. The molecule has 1 aliphatic rings. The van der Waals surface area contributed by atoms with E-state index in [9.17, 15) is 4.79 Å². The first-order chi connectivity index (χ1) is 11.7. The molecule has 1 aromatic carbocycles. The third-order valence-electron chi connectivity index (χ3n) is 4.62. The number of halogens is 1. The van der Waals surface area contributed by atoms with Crippen molar-refractivity contribution in [1.29, 1.82) is 0 Å². The van der Waals surface area contributed by atoms with E-state index in [-0.39, 0.29) is 24.2 Å². The van der Waals surface area contributed by atoms with E-state index >= 15 is 0 Å². The largest absolute Gasteiger partial charge is 0.495 e. The number of anilines is 1. The first-order valence-electron chi connectivity index (χ1n) is 8.28. The Hall–Kier alpha value is -2.12. The number of carbonyl (C=O) groups is 1. The van der Waals surface area contributed by atoms with Crippen LogP contribution in [-0.4, -0.2) is 33.8 Å². The second-order valence-electron chi connectivity index (χ2n) is 6.17. The van der Waals surface area contributed by atoms with Crippen LogP contribution in [0, 0.1) is 5.92 Å². The molecule has 7 nitrogen and oxygen atoms in total. The van der Waals surface area contributed by atoms with E-state index in [1.807, 2.05) is 12.1 Å². The van der Waals surface area contributed by atoms with Gasteiger partial charge in [-0.1, -0.05) is 19.3 Å². The van der Waals surface area contributed by atoms with Crippen molar-refractivity contribution in [3.8, 4) is 11.4 Å². The summed E-state index contributed by atoms with van der Waals surface area (Å²) in [7, 11) is 1.57. The Morgan fingerprint density at radius 3 is 2.60 bits per heavy atom. The minimum Gasteiger partial charge on any atom is -0.495 e. The Bertz CT molecular complexity index is 686. The van der Waals surface area contributed by atoms with Crippen LogP contribution in [0.3, 0.4) is 0 Å². The number of nitrogens with zero attached hydrogens (tertiary/aromatic N) is 3. The number of hydrogen-bond donors (Lipinski definition) is 2. The van der Waals surface area contributed by atoms with Gasteiger partial charge in [0.1, 0.15) is 18.4 Å². The average Bonchev–Trinajstić information content (AvgIpc) is 3.16. The van der Waals surface area contributed by atoms with Gasteiger partial charge in [-0.3, -0.25) is 9.36 Å². The van der Waals surface area contributed by atoms with Crippen molar-refractivity contribution < 1.29 is 9.53 Å². The van der Waals surface area contributed by atoms with Crippen LogP contribution in [0.15, 0.2) is 30.9 Å². The molecule has 0 radical (unpaired) electrons. The van der Waals surface area contributed by atoms with Gasteiger partial charge in [-0.15, -0.1) is 22.6 Å². The minimum absolute atomic E-state index is 0. The van der Waals surface area contributed by atoms with Crippen LogP contribution in [0.2, 0.25) is 0 Å². The fourth-order valence-electron chi connectivity index (χ4n) is 3.21. The van der Waals surface area contributed by atoms with Crippen molar-refractivity contribution >= 4 is 24.0 Å². The Kier molecular flexibility index (Phi) is 6.78. The number of aromatic nitrogens is 3. The van der Waals surface area contributed by atoms with E-state index < -0.39 is 6.04 Å². The molecule has 3 rings (SSSR count). The lowest BCUT2D eigenvalue weighted by Crippen LogP contribution is -2.42. The lowest BCUT2D eigenvalue weighted by molar-refractivity contribution is -0.118. The lowest BCUT2D eigenvalue weighted by Gasteiger charge is -2.26. The van der Waals surface area contributed by atoms with Gasteiger partial charge in [-0.05, 0) is 37.0 Å². The summed E-state index contributed by atoms with van der Waals surface area (Å²) in [6, 6.07) is 5.01. The quantitative estimate of drug-likeness (QED) is 0.848. The first-order valence-corrected chi connectivity index (χ1v) is 8.28. The molecule has 1 heterocycles. The van der Waals surface area contributed by atoms with E-state index in [4.69, 9.17) is 10.5 Å². The summed E-state index contributed by atoms with van der Waals surface area (Å²) in [4.78, 5) is 12.6. The van der Waals surface area contributed by atoms with Crippen molar-refractivity contribution in [2.24, 2.45) is 11.7 Å². The fraction of sp³-hybridized carbons (Fsp3) is 0.471. The third kappa shape index (κ3) is 4.49. The summed E-state index contributed by atoms with van der Waals surface area (Å²) in [5.41, 5.74) is 7.62. The summed E-state index contributed by atoms with van der Waals surface area (Å²) in [6.45, 7) is 0. The van der Waals surface area contributed by atoms with Gasteiger partial charge < -0.3 is 15.8 Å². The molecular weight excluding hydrogens is 342 g/mol. The number of rotatable bonds is 5. The molecule has 1 aliphatic carbocycles. The van der Waals surface area contributed by atoms with Gasteiger partial charge in [-0.25, -0.2) is 0 Å². The second kappa shape index (κ2) is 8.82. The van der Waals surface area contributed by atoms with Gasteiger partial charge in [0.25, 0.3) is 0 Å². The zero-order valence-corrected chi connectivity index (χ0v) is 15.0. The molecule has 136 valence electrons. The second-order valence-corrected chi connectivity index (χ2v) is 6.17. The SMILES string of the molecule is COc1ccc(-n2cnnc2)cc1NC(=O)[C@@H](N)C1CCCCC1.Cl. The molecule has 3 N–H and O–H groups in total. The zero-order valence-electron chi connectivity index (χ0n) is 14.2. The molecule has 1 saturated carbocycles. The van der Waals surface area contributed by atoms with Gasteiger partial charge in [0, 0.05) is 0 Å². The summed E-state index contributed by atoms with van der Waals surface area (Å²) in [6.07, 6.45) is 8.77. The number of amides is 1. The van der Waals surface area contributed by atoms with Gasteiger partial charge in [0.2, 0.25) is 5.91 Å². The van der Waals surface area contributed by atoms with Gasteiger partial charge >= 0.3 is 0 Å². The molecule has 1 atom stereocenters. The Balaban J connectivity index is 0.00000225. The number of methoxy groups -OCH3 is 1. The maximum Gasteiger partial charge on any atom is 0.241 e. The van der Waals surface area contributed by atoms with Crippen molar-refractivity contribution in [3.63, 3.8) is 0 Å². The van der Waals surface area contributed by atoms with Crippen LogP contribution in [-0.2, 0) is 4.79 Å². The smallest absolute Gasteiger partial charge is 0.241 e. The topological polar surface area (TPSA) is 95.1 Å². The minimum atomic E-state index is -0.492. The molecule has 1 amide bonds. The van der Waals surface area contributed by atoms with E-state index in [2.05, 4.69) is 15.5 Å². The number of nitrogens with two attached hydrogens (primary N) is 1. The van der Waals surface area contributed by atoms with Crippen molar-refractivity contribution in [1.82, 2.24) is 14.8 Å². The molecule has 0 saturated heterocycles. The Morgan fingerprint density at radius 1 is 1.28 bits per heavy atom. The van der Waals surface area contributed by atoms with Gasteiger partial charge in [-0.2, -0.15) is 0 Å². The monoisotopic (exact) mass is 365 g/mol. The molecule has 0 unspecified atom stereocenters. The highest BCUT2D eigenvalue weighted by atomic mass is 35.5. The van der Waals surface area contributed by atoms with Gasteiger partial charge in [0.15, 0.2) is 0 Å². The molecule has 0 aliphatic heterocycles. The molecule has 0 bridgehead atoms. The standard InChI is InChI=1S/C17H23N5O2.ClH/c1-24-15-8-7-13(22-10-19-20-11-22)9-14(15)21-17(23)16(18)12-5-3-2-4-6-12;/h7-12,16H,2-6,18H2,1H3,(H,21,23);1H/t16-;/m0./s1. The van der Waals surface area contributed by atoms with Crippen LogP contribution >= 0.6 is 12.4 Å². The van der Waals surface area contributed by atoms with E-state index in [0.717, 1.165) is 31.4 Å². The third-order valence-corrected chi connectivity index (χ3v) is 4.62. The number of ether oxygens (including phenoxy) is 1. The summed E-state index contributed by atoms with van der Waals surface area (Å²) >= 11 is 0. The van der Waals surface area contributed by atoms with E-state index in [0.29, 0.717) is 11.4 Å². The normalized spacial score (nSPS) is 15.9. The molecule has 0 spiro atoms. The average molecular weight is 366 g/mol. The Labute approximate surface area is 153 Å².